The van der Waals surface area contributed by atoms with Crippen molar-refractivity contribution in [3.8, 4) is 0 Å². The summed E-state index contributed by atoms with van der Waals surface area (Å²) in [4.78, 5) is 34.0. The van der Waals surface area contributed by atoms with Crippen LogP contribution < -0.4 is 5.56 Å². The van der Waals surface area contributed by atoms with Gasteiger partial charge in [0.1, 0.15) is 5.82 Å². The van der Waals surface area contributed by atoms with Gasteiger partial charge < -0.3 is 15.0 Å². The van der Waals surface area contributed by atoms with Crippen LogP contribution in [0.5, 0.6) is 0 Å². The summed E-state index contributed by atoms with van der Waals surface area (Å²) in [7, 11) is 0. The molecule has 28 heavy (non-hydrogen) atoms. The highest BCUT2D eigenvalue weighted by atomic mass is 16.3. The van der Waals surface area contributed by atoms with E-state index in [-0.39, 0.29) is 23.8 Å². The number of aryl methyl sites for hydroxylation is 2. The molecule has 1 saturated carbocycles. The van der Waals surface area contributed by atoms with E-state index in [4.69, 9.17) is 0 Å². The Kier molecular flexibility index (Phi) is 4.83. The van der Waals surface area contributed by atoms with Crippen molar-refractivity contribution in [2.24, 2.45) is 11.8 Å². The number of nitrogens with zero attached hydrogens (tertiary/aromatic N) is 2. The highest BCUT2D eigenvalue weighted by Crippen LogP contribution is 2.48. The van der Waals surface area contributed by atoms with Gasteiger partial charge in [-0.15, -0.1) is 0 Å². The van der Waals surface area contributed by atoms with Crippen LogP contribution in [0.25, 0.3) is 0 Å². The van der Waals surface area contributed by atoms with Crippen LogP contribution in [0.15, 0.2) is 35.1 Å². The fourth-order valence-corrected chi connectivity index (χ4v) is 5.04. The largest absolute Gasteiger partial charge is 0.385 e. The molecule has 2 heterocycles. The number of hydrogen-bond donors (Lipinski definition) is 2. The fourth-order valence-electron chi connectivity index (χ4n) is 5.04. The number of nitrogens with one attached hydrogen (secondary N) is 1. The summed E-state index contributed by atoms with van der Waals surface area (Å²) in [6.07, 6.45) is 2.75. The highest BCUT2D eigenvalue weighted by molar-refractivity contribution is 5.79. The van der Waals surface area contributed by atoms with Gasteiger partial charge in [-0.1, -0.05) is 30.3 Å². The number of fused-ring (bicyclic) bond motifs is 1. The van der Waals surface area contributed by atoms with Crippen LogP contribution in [0.4, 0.5) is 0 Å². The number of likely N-dealkylation sites (tertiary alicyclic amines) is 1. The molecular formula is C22H27N3O3. The third-order valence-electron chi connectivity index (χ3n) is 6.48. The molecule has 1 amide bonds. The summed E-state index contributed by atoms with van der Waals surface area (Å²) in [6, 6.07) is 9.82. The highest BCUT2D eigenvalue weighted by Gasteiger charge is 2.50. The number of hydrogen-bond acceptors (Lipinski definition) is 4. The normalized spacial score (nSPS) is 26.9. The lowest BCUT2D eigenvalue weighted by Crippen LogP contribution is -2.43. The van der Waals surface area contributed by atoms with Gasteiger partial charge in [-0.2, -0.15) is 0 Å². The number of aromatic nitrogens is 2. The minimum atomic E-state index is -0.891. The standard InChI is InChI=1S/C22H27N3O3/c1-14-18(21(27)24-15(2)23-14)11-20(26)25-12-16-7-6-10-22(28,19(16)13-25)17-8-4-3-5-9-17/h3-5,8-9,16,19,28H,6-7,10-13H2,1-2H3,(H,23,24,27)/t16-,19+,22+/m1/s1. The minimum Gasteiger partial charge on any atom is -0.385 e. The summed E-state index contributed by atoms with van der Waals surface area (Å²) >= 11 is 0. The number of rotatable bonds is 3. The molecule has 2 fully saturated rings. The molecule has 0 bridgehead atoms. The number of aliphatic hydroxyl groups is 1. The molecule has 0 unspecified atom stereocenters. The van der Waals surface area contributed by atoms with Gasteiger partial charge in [0.25, 0.3) is 5.56 Å². The molecule has 4 rings (SSSR count). The second-order valence-corrected chi connectivity index (χ2v) is 8.24. The van der Waals surface area contributed by atoms with Gasteiger partial charge in [-0.3, -0.25) is 9.59 Å². The lowest BCUT2D eigenvalue weighted by atomic mass is 9.67. The van der Waals surface area contributed by atoms with Crippen LogP contribution in [-0.2, 0) is 16.8 Å². The Hall–Kier alpha value is -2.47. The third kappa shape index (κ3) is 3.26. The molecule has 2 aromatic rings. The SMILES string of the molecule is Cc1nc(C)c(CC(=O)N2C[C@H]3CCC[C@](O)(c4ccccc4)[C@H]3C2)c(=O)[nH]1. The maximum Gasteiger partial charge on any atom is 0.254 e. The Bertz CT molecular complexity index is 940. The van der Waals surface area contributed by atoms with E-state index in [1.54, 1.807) is 13.8 Å². The van der Waals surface area contributed by atoms with Crippen molar-refractivity contribution in [1.82, 2.24) is 14.9 Å². The number of benzene rings is 1. The number of H-pyrrole nitrogens is 1. The zero-order chi connectivity index (χ0) is 19.9. The van der Waals surface area contributed by atoms with Crippen molar-refractivity contribution in [3.05, 3.63) is 63.3 Å². The topological polar surface area (TPSA) is 86.3 Å². The lowest BCUT2D eigenvalue weighted by Gasteiger charge is -2.41. The molecule has 2 N–H and O–H groups in total. The molecule has 6 nitrogen and oxygen atoms in total. The van der Waals surface area contributed by atoms with Gasteiger partial charge in [0.2, 0.25) is 5.91 Å². The Labute approximate surface area is 164 Å². The molecule has 1 aliphatic carbocycles. The zero-order valence-electron chi connectivity index (χ0n) is 16.4. The number of carbonyl (C=O) groups excluding carboxylic acids is 1. The first-order chi connectivity index (χ1) is 13.4. The van der Waals surface area contributed by atoms with Gasteiger partial charge in [-0.05, 0) is 44.6 Å². The molecule has 2 aliphatic rings. The first-order valence-corrected chi connectivity index (χ1v) is 10.0. The molecule has 6 heteroatoms. The van der Waals surface area contributed by atoms with Crippen molar-refractivity contribution in [3.63, 3.8) is 0 Å². The van der Waals surface area contributed by atoms with E-state index in [9.17, 15) is 14.7 Å². The van der Waals surface area contributed by atoms with Crippen molar-refractivity contribution in [2.45, 2.75) is 45.1 Å². The predicted molar refractivity (Wildman–Crippen MR) is 106 cm³/mol. The van der Waals surface area contributed by atoms with E-state index >= 15 is 0 Å². The van der Waals surface area contributed by atoms with Crippen molar-refractivity contribution >= 4 is 5.91 Å². The first kappa shape index (κ1) is 18.9. The van der Waals surface area contributed by atoms with Crippen LogP contribution in [0, 0.1) is 25.7 Å². The van der Waals surface area contributed by atoms with E-state index < -0.39 is 5.60 Å². The summed E-state index contributed by atoms with van der Waals surface area (Å²) in [5, 5.41) is 11.5. The first-order valence-electron chi connectivity index (χ1n) is 10.0. The molecule has 1 aromatic carbocycles. The van der Waals surface area contributed by atoms with Crippen molar-refractivity contribution in [1.29, 1.82) is 0 Å². The van der Waals surface area contributed by atoms with Crippen LogP contribution in [0.1, 0.15) is 41.9 Å². The number of amides is 1. The van der Waals surface area contributed by atoms with Crippen LogP contribution >= 0.6 is 0 Å². The Balaban J connectivity index is 1.54. The average Bonchev–Trinajstić information content (AvgIpc) is 3.11. The minimum absolute atomic E-state index is 0.0307. The van der Waals surface area contributed by atoms with E-state index in [2.05, 4.69) is 9.97 Å². The van der Waals surface area contributed by atoms with Gasteiger partial charge in [-0.25, -0.2) is 4.98 Å². The molecule has 0 spiro atoms. The molecular weight excluding hydrogens is 354 g/mol. The van der Waals surface area contributed by atoms with Crippen LogP contribution in [0.2, 0.25) is 0 Å². The van der Waals surface area contributed by atoms with E-state index in [1.165, 1.54) is 0 Å². The summed E-state index contributed by atoms with van der Waals surface area (Å²) in [5.41, 5.74) is 0.846. The van der Waals surface area contributed by atoms with Crippen LogP contribution in [0.3, 0.4) is 0 Å². The smallest absolute Gasteiger partial charge is 0.254 e. The summed E-state index contributed by atoms with van der Waals surface area (Å²) in [6.45, 7) is 4.68. The van der Waals surface area contributed by atoms with Gasteiger partial charge >= 0.3 is 0 Å². The molecule has 1 aromatic heterocycles. The Morgan fingerprint density at radius 1 is 1.29 bits per heavy atom. The van der Waals surface area contributed by atoms with Crippen molar-refractivity contribution in [2.75, 3.05) is 13.1 Å². The van der Waals surface area contributed by atoms with Gasteiger partial charge in [0, 0.05) is 30.3 Å². The maximum atomic E-state index is 13.0. The number of aromatic amines is 1. The second kappa shape index (κ2) is 7.17. The van der Waals surface area contributed by atoms with Gasteiger partial charge in [0.05, 0.1) is 12.0 Å². The lowest BCUT2D eigenvalue weighted by molar-refractivity contribution is -0.130. The third-order valence-corrected chi connectivity index (χ3v) is 6.48. The maximum absolute atomic E-state index is 13.0. The number of carbonyl (C=O) groups is 1. The predicted octanol–water partition coefficient (Wildman–Crippen LogP) is 2.08. The second-order valence-electron chi connectivity index (χ2n) is 8.24. The summed E-state index contributed by atoms with van der Waals surface area (Å²) < 4.78 is 0. The quantitative estimate of drug-likeness (QED) is 0.852. The Morgan fingerprint density at radius 2 is 2.04 bits per heavy atom. The molecule has 1 saturated heterocycles. The molecule has 1 aliphatic heterocycles. The van der Waals surface area contributed by atoms with E-state index in [0.717, 1.165) is 24.8 Å². The average molecular weight is 381 g/mol. The van der Waals surface area contributed by atoms with Crippen LogP contribution in [-0.4, -0.2) is 39.0 Å². The fraction of sp³-hybridized carbons (Fsp3) is 0.500. The van der Waals surface area contributed by atoms with Crippen molar-refractivity contribution < 1.29 is 9.90 Å². The zero-order valence-corrected chi connectivity index (χ0v) is 16.4. The molecule has 0 radical (unpaired) electrons. The molecule has 148 valence electrons. The van der Waals surface area contributed by atoms with E-state index in [1.807, 2.05) is 35.2 Å². The van der Waals surface area contributed by atoms with E-state index in [0.29, 0.717) is 36.1 Å². The monoisotopic (exact) mass is 381 g/mol. The Morgan fingerprint density at radius 3 is 2.75 bits per heavy atom. The van der Waals surface area contributed by atoms with Gasteiger partial charge in [0.15, 0.2) is 0 Å². The molecule has 3 atom stereocenters. The summed E-state index contributed by atoms with van der Waals surface area (Å²) in [5.74, 6) is 0.810.